The van der Waals surface area contributed by atoms with Gasteiger partial charge in [0.05, 0.1) is 17.1 Å². The van der Waals surface area contributed by atoms with Crippen molar-refractivity contribution >= 4 is 5.69 Å². The molecule has 3 rings (SSSR count). The van der Waals surface area contributed by atoms with Crippen LogP contribution in [0, 0.1) is 0 Å². The van der Waals surface area contributed by atoms with Gasteiger partial charge in [-0.05, 0) is 36.4 Å². The van der Waals surface area contributed by atoms with Gasteiger partial charge in [0, 0.05) is 11.1 Å². The minimum Gasteiger partial charge on any atom is -0.405 e. The fourth-order valence-electron chi connectivity index (χ4n) is 2.60. The van der Waals surface area contributed by atoms with Crippen molar-refractivity contribution in [2.75, 3.05) is 5.73 Å². The van der Waals surface area contributed by atoms with Crippen LogP contribution in [0.25, 0.3) is 22.5 Å². The molecule has 0 aliphatic carbocycles. The highest BCUT2D eigenvalue weighted by Crippen LogP contribution is 2.38. The van der Waals surface area contributed by atoms with Crippen LogP contribution in [-0.4, -0.2) is 17.7 Å². The number of aromatic nitrogens is 1. The molecule has 0 atom stereocenters. The molecule has 2 aromatic carbocycles. The molecule has 10 heteroatoms. The Hall–Kier alpha value is -3.43. The number of hydrogen-bond acceptors (Lipinski definition) is 4. The normalized spacial score (nSPS) is 11.9. The monoisotopic (exact) mass is 414 g/mol. The number of hydrogen-bond donors (Lipinski definition) is 1. The lowest BCUT2D eigenvalue weighted by Crippen LogP contribution is -2.18. The van der Waals surface area contributed by atoms with E-state index in [0.717, 1.165) is 12.1 Å². The van der Waals surface area contributed by atoms with Gasteiger partial charge in [0.15, 0.2) is 0 Å². The van der Waals surface area contributed by atoms with Gasteiger partial charge in [0.1, 0.15) is 11.5 Å². The topological polar surface area (TPSA) is 57.4 Å². The number of alkyl halides is 6. The molecule has 0 unspecified atom stereocenters. The van der Waals surface area contributed by atoms with E-state index in [1.54, 1.807) is 0 Å². The van der Waals surface area contributed by atoms with Crippen LogP contribution in [-0.2, 0) is 0 Å². The summed E-state index contributed by atoms with van der Waals surface area (Å²) in [6.45, 7) is 0. The van der Waals surface area contributed by atoms with Gasteiger partial charge < -0.3 is 15.2 Å². The zero-order chi connectivity index (χ0) is 21.2. The summed E-state index contributed by atoms with van der Waals surface area (Å²) in [6.07, 6.45) is -9.88. The van der Waals surface area contributed by atoms with E-state index in [-0.39, 0.29) is 28.2 Å². The number of halogens is 6. The lowest BCUT2D eigenvalue weighted by atomic mass is 10.1. The van der Waals surface area contributed by atoms with Crippen molar-refractivity contribution in [1.29, 1.82) is 0 Å². The van der Waals surface area contributed by atoms with Crippen molar-refractivity contribution < 1.29 is 35.8 Å². The molecule has 152 valence electrons. The molecule has 3 aromatic rings. The molecule has 1 aromatic heterocycles. The number of rotatable bonds is 4. The molecule has 0 aliphatic rings. The first-order valence-corrected chi connectivity index (χ1v) is 8.00. The minimum absolute atomic E-state index is 0.0136. The van der Waals surface area contributed by atoms with E-state index in [0.29, 0.717) is 0 Å². The maximum atomic E-state index is 12.7. The highest BCUT2D eigenvalue weighted by atomic mass is 19.4. The van der Waals surface area contributed by atoms with E-state index in [2.05, 4.69) is 14.5 Å². The Kier molecular flexibility index (Phi) is 5.27. The lowest BCUT2D eigenvalue weighted by molar-refractivity contribution is -0.275. The Bertz CT molecular complexity index is 1020. The Morgan fingerprint density at radius 1 is 0.655 bits per heavy atom. The van der Waals surface area contributed by atoms with Crippen molar-refractivity contribution in [2.45, 2.75) is 12.7 Å². The molecule has 0 spiro atoms. The summed E-state index contributed by atoms with van der Waals surface area (Å²) >= 11 is 0. The largest absolute Gasteiger partial charge is 0.573 e. The van der Waals surface area contributed by atoms with Crippen LogP contribution in [0.3, 0.4) is 0 Å². The average Bonchev–Trinajstić information content (AvgIpc) is 2.61. The molecule has 0 saturated heterocycles. The second-order valence-corrected chi connectivity index (χ2v) is 5.72. The van der Waals surface area contributed by atoms with E-state index >= 15 is 0 Å². The Morgan fingerprint density at radius 2 is 1.14 bits per heavy atom. The summed E-state index contributed by atoms with van der Waals surface area (Å²) in [7, 11) is 0. The van der Waals surface area contributed by atoms with Crippen molar-refractivity contribution in [1.82, 2.24) is 4.98 Å². The van der Waals surface area contributed by atoms with Crippen molar-refractivity contribution in [3.8, 4) is 34.0 Å². The minimum atomic E-state index is -4.95. The summed E-state index contributed by atoms with van der Waals surface area (Å²) < 4.78 is 84.1. The quantitative estimate of drug-likeness (QED) is 0.549. The highest BCUT2D eigenvalue weighted by Gasteiger charge is 2.33. The zero-order valence-electron chi connectivity index (χ0n) is 14.4. The Labute approximate surface area is 160 Å². The number of ether oxygens (including phenoxy) is 2. The molecule has 0 saturated carbocycles. The third-order valence-electron chi connectivity index (χ3n) is 3.68. The lowest BCUT2D eigenvalue weighted by Gasteiger charge is -2.16. The first-order valence-electron chi connectivity index (χ1n) is 8.00. The summed E-state index contributed by atoms with van der Waals surface area (Å²) in [4.78, 5) is 4.17. The van der Waals surface area contributed by atoms with Crippen LogP contribution in [0.4, 0.5) is 32.0 Å². The van der Waals surface area contributed by atoms with Gasteiger partial charge in [0.2, 0.25) is 0 Å². The van der Waals surface area contributed by atoms with Crippen LogP contribution in [0.15, 0.2) is 60.7 Å². The predicted molar refractivity (Wildman–Crippen MR) is 92.9 cm³/mol. The molecular formula is C19H12F6N2O2. The maximum Gasteiger partial charge on any atom is 0.573 e. The molecule has 2 N–H and O–H groups in total. The number of pyridine rings is 1. The molecule has 0 amide bonds. The maximum absolute atomic E-state index is 12.7. The third kappa shape index (κ3) is 5.09. The van der Waals surface area contributed by atoms with Crippen molar-refractivity contribution in [3.63, 3.8) is 0 Å². The van der Waals surface area contributed by atoms with Gasteiger partial charge in [0.25, 0.3) is 0 Å². The van der Waals surface area contributed by atoms with E-state index in [1.165, 1.54) is 48.5 Å². The molecule has 0 fully saturated rings. The molecular weight excluding hydrogens is 402 g/mol. The van der Waals surface area contributed by atoms with Crippen LogP contribution in [0.5, 0.6) is 11.5 Å². The molecule has 0 bridgehead atoms. The Morgan fingerprint density at radius 3 is 1.69 bits per heavy atom. The molecule has 0 radical (unpaired) electrons. The van der Waals surface area contributed by atoms with Gasteiger partial charge in [-0.15, -0.1) is 26.3 Å². The third-order valence-corrected chi connectivity index (χ3v) is 3.68. The smallest absolute Gasteiger partial charge is 0.405 e. The van der Waals surface area contributed by atoms with E-state index in [4.69, 9.17) is 5.73 Å². The van der Waals surface area contributed by atoms with Crippen molar-refractivity contribution in [3.05, 3.63) is 60.7 Å². The summed E-state index contributed by atoms with van der Waals surface area (Å²) in [5.41, 5.74) is 5.74. The van der Waals surface area contributed by atoms with Crippen LogP contribution >= 0.6 is 0 Å². The highest BCUT2D eigenvalue weighted by molar-refractivity contribution is 5.80. The number of nitrogens with two attached hydrogens (primary N) is 1. The summed E-state index contributed by atoms with van der Waals surface area (Å²) in [5, 5.41) is 0. The summed E-state index contributed by atoms with van der Waals surface area (Å²) in [5.74, 6) is -1.06. The second kappa shape index (κ2) is 7.53. The van der Waals surface area contributed by atoms with E-state index < -0.39 is 24.2 Å². The van der Waals surface area contributed by atoms with E-state index in [9.17, 15) is 26.3 Å². The average molecular weight is 414 g/mol. The fourth-order valence-corrected chi connectivity index (χ4v) is 2.60. The SMILES string of the molecule is Nc1ccc(-c2ccccc2OC(F)(F)F)nc1-c1ccccc1OC(F)(F)F. The number of para-hydroxylation sites is 2. The Balaban J connectivity index is 2.11. The summed E-state index contributed by atoms with van der Waals surface area (Å²) in [6, 6.07) is 13.1. The van der Waals surface area contributed by atoms with Crippen LogP contribution in [0.1, 0.15) is 0 Å². The number of benzene rings is 2. The first-order chi connectivity index (χ1) is 13.5. The number of nitrogen functional groups attached to an aromatic ring is 1. The second-order valence-electron chi connectivity index (χ2n) is 5.72. The van der Waals surface area contributed by atoms with Gasteiger partial charge in [-0.1, -0.05) is 24.3 Å². The van der Waals surface area contributed by atoms with Gasteiger partial charge >= 0.3 is 12.7 Å². The zero-order valence-corrected chi connectivity index (χ0v) is 14.4. The van der Waals surface area contributed by atoms with Gasteiger partial charge in [-0.25, -0.2) is 4.98 Å². The molecule has 4 nitrogen and oxygen atoms in total. The first kappa shape index (κ1) is 20.3. The van der Waals surface area contributed by atoms with Crippen LogP contribution < -0.4 is 15.2 Å². The van der Waals surface area contributed by atoms with E-state index in [1.807, 2.05) is 0 Å². The number of nitrogens with zero attached hydrogens (tertiary/aromatic N) is 1. The fraction of sp³-hybridized carbons (Fsp3) is 0.105. The standard InChI is InChI=1S/C19H12F6N2O2/c20-18(21,22)28-15-7-3-1-5-11(15)14-10-9-13(26)17(27-14)12-6-2-4-8-16(12)29-19(23,24)25/h1-10H,26H2. The predicted octanol–water partition coefficient (Wildman–Crippen LogP) is 5.80. The van der Waals surface area contributed by atoms with Crippen molar-refractivity contribution in [2.24, 2.45) is 0 Å². The molecule has 0 aliphatic heterocycles. The van der Waals surface area contributed by atoms with Gasteiger partial charge in [-0.3, -0.25) is 0 Å². The van der Waals surface area contributed by atoms with Gasteiger partial charge in [-0.2, -0.15) is 0 Å². The molecule has 29 heavy (non-hydrogen) atoms. The molecule has 1 heterocycles. The number of anilines is 1. The van der Waals surface area contributed by atoms with Crippen LogP contribution in [0.2, 0.25) is 0 Å².